The standard InChI is InChI=1S/C8H15NO2/c1-7(2,3)11-8(6-10)4-9-5-8/h6,9H,4-5H2,1-3H3. The highest BCUT2D eigenvalue weighted by molar-refractivity contribution is 5.65. The molecule has 0 aliphatic carbocycles. The van der Waals surface area contributed by atoms with E-state index in [-0.39, 0.29) is 5.60 Å². The van der Waals surface area contributed by atoms with Crippen molar-refractivity contribution in [1.29, 1.82) is 0 Å². The molecule has 0 amide bonds. The Morgan fingerprint density at radius 3 is 2.09 bits per heavy atom. The zero-order valence-electron chi connectivity index (χ0n) is 7.31. The highest BCUT2D eigenvalue weighted by Gasteiger charge is 2.41. The second-order valence-electron chi connectivity index (χ2n) is 4.00. The van der Waals surface area contributed by atoms with Crippen LogP contribution in [0.5, 0.6) is 0 Å². The van der Waals surface area contributed by atoms with Gasteiger partial charge in [-0.1, -0.05) is 0 Å². The van der Waals surface area contributed by atoms with Crippen LogP contribution in [0.3, 0.4) is 0 Å². The molecule has 1 N–H and O–H groups in total. The van der Waals surface area contributed by atoms with Crippen LogP contribution in [0.25, 0.3) is 0 Å². The van der Waals surface area contributed by atoms with Gasteiger partial charge >= 0.3 is 0 Å². The van der Waals surface area contributed by atoms with Crippen molar-refractivity contribution in [1.82, 2.24) is 5.32 Å². The molecule has 1 aliphatic rings. The maximum atomic E-state index is 10.6. The maximum Gasteiger partial charge on any atom is 0.154 e. The fourth-order valence-corrected chi connectivity index (χ4v) is 1.16. The molecule has 0 unspecified atom stereocenters. The van der Waals surface area contributed by atoms with Crippen LogP contribution in [0.2, 0.25) is 0 Å². The molecule has 0 saturated carbocycles. The van der Waals surface area contributed by atoms with Gasteiger partial charge in [0.05, 0.1) is 5.60 Å². The first-order valence-corrected chi connectivity index (χ1v) is 3.85. The topological polar surface area (TPSA) is 38.3 Å². The summed E-state index contributed by atoms with van der Waals surface area (Å²) in [5.74, 6) is 0. The van der Waals surface area contributed by atoms with Gasteiger partial charge in [-0.25, -0.2) is 0 Å². The van der Waals surface area contributed by atoms with Gasteiger partial charge in [0.2, 0.25) is 0 Å². The van der Waals surface area contributed by atoms with E-state index >= 15 is 0 Å². The SMILES string of the molecule is CC(C)(C)OC1(C=O)CNC1. The third-order valence-corrected chi connectivity index (χ3v) is 1.57. The van der Waals surface area contributed by atoms with Crippen LogP contribution < -0.4 is 5.32 Å². The lowest BCUT2D eigenvalue weighted by atomic mass is 9.97. The highest BCUT2D eigenvalue weighted by atomic mass is 16.5. The van der Waals surface area contributed by atoms with E-state index in [4.69, 9.17) is 4.74 Å². The molecule has 0 aromatic heterocycles. The fraction of sp³-hybridized carbons (Fsp3) is 0.875. The molecular formula is C8H15NO2. The molecular weight excluding hydrogens is 142 g/mol. The summed E-state index contributed by atoms with van der Waals surface area (Å²) in [7, 11) is 0. The van der Waals surface area contributed by atoms with Gasteiger partial charge in [-0.05, 0) is 20.8 Å². The first kappa shape index (κ1) is 8.68. The Balaban J connectivity index is 2.51. The summed E-state index contributed by atoms with van der Waals surface area (Å²) in [4.78, 5) is 10.6. The molecule has 11 heavy (non-hydrogen) atoms. The van der Waals surface area contributed by atoms with E-state index in [9.17, 15) is 4.79 Å². The second kappa shape index (κ2) is 2.57. The Morgan fingerprint density at radius 2 is 2.00 bits per heavy atom. The number of nitrogens with one attached hydrogen (secondary N) is 1. The average Bonchev–Trinajstić information content (AvgIpc) is 1.77. The lowest BCUT2D eigenvalue weighted by Crippen LogP contribution is -2.64. The third kappa shape index (κ3) is 2.01. The summed E-state index contributed by atoms with van der Waals surface area (Å²) in [6.07, 6.45) is 0.898. The Bertz CT molecular complexity index is 156. The first-order valence-electron chi connectivity index (χ1n) is 3.85. The van der Waals surface area contributed by atoms with Gasteiger partial charge in [-0.2, -0.15) is 0 Å². The van der Waals surface area contributed by atoms with Crippen molar-refractivity contribution in [2.24, 2.45) is 0 Å². The van der Waals surface area contributed by atoms with Gasteiger partial charge in [0.25, 0.3) is 0 Å². The van der Waals surface area contributed by atoms with Crippen LogP contribution in [-0.4, -0.2) is 30.6 Å². The molecule has 3 nitrogen and oxygen atoms in total. The molecule has 0 bridgehead atoms. The van der Waals surface area contributed by atoms with Crippen molar-refractivity contribution in [3.05, 3.63) is 0 Å². The van der Waals surface area contributed by atoms with E-state index < -0.39 is 5.60 Å². The monoisotopic (exact) mass is 157 g/mol. The molecule has 0 spiro atoms. The summed E-state index contributed by atoms with van der Waals surface area (Å²) in [6.45, 7) is 7.16. The summed E-state index contributed by atoms with van der Waals surface area (Å²) < 4.78 is 5.58. The van der Waals surface area contributed by atoms with E-state index in [1.54, 1.807) is 0 Å². The second-order valence-corrected chi connectivity index (χ2v) is 4.00. The lowest BCUT2D eigenvalue weighted by Gasteiger charge is -2.42. The molecule has 0 aromatic carbocycles. The van der Waals surface area contributed by atoms with Crippen molar-refractivity contribution in [3.8, 4) is 0 Å². The van der Waals surface area contributed by atoms with Gasteiger partial charge in [0.1, 0.15) is 5.60 Å². The van der Waals surface area contributed by atoms with Crippen LogP contribution in [-0.2, 0) is 9.53 Å². The number of ether oxygens (including phenoxy) is 1. The van der Waals surface area contributed by atoms with Crippen LogP contribution in [0.15, 0.2) is 0 Å². The summed E-state index contributed by atoms with van der Waals surface area (Å²) >= 11 is 0. The normalized spacial score (nSPS) is 22.5. The Hall–Kier alpha value is -0.410. The van der Waals surface area contributed by atoms with Gasteiger partial charge in [0.15, 0.2) is 6.29 Å². The largest absolute Gasteiger partial charge is 0.359 e. The van der Waals surface area contributed by atoms with E-state index in [2.05, 4.69) is 5.32 Å². The molecule has 1 fully saturated rings. The average molecular weight is 157 g/mol. The molecule has 64 valence electrons. The number of aldehydes is 1. The predicted octanol–water partition coefficient (Wildman–Crippen LogP) is 0.342. The lowest BCUT2D eigenvalue weighted by molar-refractivity contribution is -0.165. The quantitative estimate of drug-likeness (QED) is 0.587. The predicted molar refractivity (Wildman–Crippen MR) is 42.5 cm³/mol. The molecule has 1 aliphatic heterocycles. The summed E-state index contributed by atoms with van der Waals surface area (Å²) in [6, 6.07) is 0. The van der Waals surface area contributed by atoms with Gasteiger partial charge < -0.3 is 14.8 Å². The smallest absolute Gasteiger partial charge is 0.154 e. The summed E-state index contributed by atoms with van der Waals surface area (Å²) in [5, 5.41) is 3.02. The highest BCUT2D eigenvalue weighted by Crippen LogP contribution is 2.21. The number of carbonyl (C=O) groups excluding carboxylic acids is 1. The third-order valence-electron chi connectivity index (χ3n) is 1.57. The Labute approximate surface area is 67.1 Å². The molecule has 0 aromatic rings. The zero-order chi connectivity index (χ0) is 8.54. The van der Waals surface area contributed by atoms with E-state index in [1.807, 2.05) is 20.8 Å². The number of rotatable bonds is 2. The van der Waals surface area contributed by atoms with Crippen molar-refractivity contribution in [3.63, 3.8) is 0 Å². The molecule has 1 rings (SSSR count). The van der Waals surface area contributed by atoms with Gasteiger partial charge in [-0.15, -0.1) is 0 Å². The molecule has 3 heteroatoms. The van der Waals surface area contributed by atoms with E-state index in [1.165, 1.54) is 0 Å². The fourth-order valence-electron chi connectivity index (χ4n) is 1.16. The minimum atomic E-state index is -0.543. The van der Waals surface area contributed by atoms with Crippen molar-refractivity contribution in [2.75, 3.05) is 13.1 Å². The zero-order valence-corrected chi connectivity index (χ0v) is 7.31. The minimum absolute atomic E-state index is 0.233. The van der Waals surface area contributed by atoms with Crippen LogP contribution >= 0.6 is 0 Å². The minimum Gasteiger partial charge on any atom is -0.359 e. The summed E-state index contributed by atoms with van der Waals surface area (Å²) in [5.41, 5.74) is -0.777. The van der Waals surface area contributed by atoms with E-state index in [0.29, 0.717) is 13.1 Å². The molecule has 0 radical (unpaired) electrons. The molecule has 1 saturated heterocycles. The number of hydrogen-bond acceptors (Lipinski definition) is 3. The molecule has 0 atom stereocenters. The Morgan fingerprint density at radius 1 is 1.45 bits per heavy atom. The molecule has 1 heterocycles. The first-order chi connectivity index (χ1) is 4.97. The van der Waals surface area contributed by atoms with E-state index in [0.717, 1.165) is 6.29 Å². The Kier molecular flexibility index (Phi) is 2.03. The number of carbonyl (C=O) groups is 1. The maximum absolute atomic E-state index is 10.6. The van der Waals surface area contributed by atoms with Crippen molar-refractivity contribution in [2.45, 2.75) is 32.0 Å². The van der Waals surface area contributed by atoms with Gasteiger partial charge in [-0.3, -0.25) is 0 Å². The van der Waals surface area contributed by atoms with Crippen molar-refractivity contribution < 1.29 is 9.53 Å². The van der Waals surface area contributed by atoms with Crippen LogP contribution in [0.1, 0.15) is 20.8 Å². The van der Waals surface area contributed by atoms with Crippen LogP contribution in [0, 0.1) is 0 Å². The van der Waals surface area contributed by atoms with Gasteiger partial charge in [0, 0.05) is 13.1 Å². The van der Waals surface area contributed by atoms with Crippen molar-refractivity contribution >= 4 is 6.29 Å². The number of hydrogen-bond donors (Lipinski definition) is 1. The van der Waals surface area contributed by atoms with Crippen LogP contribution in [0.4, 0.5) is 0 Å².